The molecule has 0 saturated heterocycles. The van der Waals surface area contributed by atoms with Crippen LogP contribution in [0.1, 0.15) is 23.8 Å². The quantitative estimate of drug-likeness (QED) is 0.870. The van der Waals surface area contributed by atoms with Gasteiger partial charge in [-0.3, -0.25) is 0 Å². The molecule has 0 radical (unpaired) electrons. The van der Waals surface area contributed by atoms with Crippen molar-refractivity contribution >= 4 is 11.6 Å². The highest BCUT2D eigenvalue weighted by molar-refractivity contribution is 6.32. The molecule has 2 aromatic rings. The number of furan rings is 1. The minimum atomic E-state index is 0.386. The Hall–Kier alpha value is -1.45. The van der Waals surface area contributed by atoms with Crippen molar-refractivity contribution in [1.82, 2.24) is 5.32 Å². The lowest BCUT2D eigenvalue weighted by Gasteiger charge is -2.09. The van der Waals surface area contributed by atoms with Crippen molar-refractivity contribution in [3.05, 3.63) is 52.4 Å². The van der Waals surface area contributed by atoms with Gasteiger partial charge in [0.1, 0.15) is 18.1 Å². The van der Waals surface area contributed by atoms with Gasteiger partial charge in [0.05, 0.1) is 11.3 Å². The number of hydrogen-bond donors (Lipinski definition) is 1. The monoisotopic (exact) mass is 279 g/mol. The molecule has 0 atom stereocenters. The maximum atomic E-state index is 6.09. The van der Waals surface area contributed by atoms with Crippen molar-refractivity contribution in [3.63, 3.8) is 0 Å². The molecule has 2 rings (SSSR count). The van der Waals surface area contributed by atoms with E-state index < -0.39 is 0 Å². The first-order valence-electron chi connectivity index (χ1n) is 6.35. The molecule has 0 aliphatic rings. The third-order valence-electron chi connectivity index (χ3n) is 2.85. The summed E-state index contributed by atoms with van der Waals surface area (Å²) in [5, 5.41) is 3.88. The second kappa shape index (κ2) is 6.64. The van der Waals surface area contributed by atoms with Crippen molar-refractivity contribution in [2.75, 3.05) is 6.54 Å². The Morgan fingerprint density at radius 3 is 2.95 bits per heavy atom. The SMILES string of the molecule is CCNCc1ccoc1COc1cc(C)ccc1Cl. The standard InChI is InChI=1S/C15H18ClNO2/c1-3-17-9-12-6-7-18-15(12)10-19-14-8-11(2)4-5-13(14)16/h4-8,17H,3,9-10H2,1-2H3. The van der Waals surface area contributed by atoms with Crippen LogP contribution in [0, 0.1) is 6.92 Å². The summed E-state index contributed by atoms with van der Waals surface area (Å²) in [6.45, 7) is 6.18. The van der Waals surface area contributed by atoms with Crippen molar-refractivity contribution in [2.45, 2.75) is 27.0 Å². The molecule has 1 aromatic carbocycles. The first-order chi connectivity index (χ1) is 9.20. The number of ether oxygens (including phenoxy) is 1. The molecular formula is C15H18ClNO2. The molecule has 19 heavy (non-hydrogen) atoms. The minimum Gasteiger partial charge on any atom is -0.484 e. The number of benzene rings is 1. The number of nitrogens with one attached hydrogen (secondary N) is 1. The molecule has 1 aromatic heterocycles. The van der Waals surface area contributed by atoms with Gasteiger partial charge in [-0.05, 0) is 37.2 Å². The lowest BCUT2D eigenvalue weighted by atomic mass is 10.2. The molecule has 0 fully saturated rings. The lowest BCUT2D eigenvalue weighted by molar-refractivity contribution is 0.268. The topological polar surface area (TPSA) is 34.4 Å². The highest BCUT2D eigenvalue weighted by Crippen LogP contribution is 2.26. The molecule has 0 aliphatic carbocycles. The van der Waals surface area contributed by atoms with Crippen LogP contribution in [0.3, 0.4) is 0 Å². The van der Waals surface area contributed by atoms with Crippen molar-refractivity contribution < 1.29 is 9.15 Å². The van der Waals surface area contributed by atoms with Gasteiger partial charge in [0.2, 0.25) is 0 Å². The molecule has 0 aliphatic heterocycles. The fraction of sp³-hybridized carbons (Fsp3) is 0.333. The molecular weight excluding hydrogens is 262 g/mol. The molecule has 0 bridgehead atoms. The zero-order valence-electron chi connectivity index (χ0n) is 11.2. The Balaban J connectivity index is 2.02. The number of aryl methyl sites for hydroxylation is 1. The van der Waals surface area contributed by atoms with Crippen LogP contribution < -0.4 is 10.1 Å². The second-order valence-electron chi connectivity index (χ2n) is 4.37. The molecule has 3 nitrogen and oxygen atoms in total. The van der Waals surface area contributed by atoms with E-state index in [1.165, 1.54) is 0 Å². The highest BCUT2D eigenvalue weighted by atomic mass is 35.5. The first-order valence-corrected chi connectivity index (χ1v) is 6.73. The molecule has 1 N–H and O–H groups in total. The van der Waals surface area contributed by atoms with Gasteiger partial charge in [-0.15, -0.1) is 0 Å². The minimum absolute atomic E-state index is 0.386. The van der Waals surface area contributed by atoms with Gasteiger partial charge in [0.15, 0.2) is 0 Å². The summed E-state index contributed by atoms with van der Waals surface area (Å²) in [7, 11) is 0. The van der Waals surface area contributed by atoms with Crippen molar-refractivity contribution in [3.8, 4) is 5.75 Å². The van der Waals surface area contributed by atoms with E-state index in [0.717, 1.165) is 30.0 Å². The van der Waals surface area contributed by atoms with E-state index in [2.05, 4.69) is 12.2 Å². The highest BCUT2D eigenvalue weighted by Gasteiger charge is 2.08. The van der Waals surface area contributed by atoms with Gasteiger partial charge < -0.3 is 14.5 Å². The van der Waals surface area contributed by atoms with Gasteiger partial charge in [0, 0.05) is 12.1 Å². The van der Waals surface area contributed by atoms with E-state index in [-0.39, 0.29) is 0 Å². The van der Waals surface area contributed by atoms with Crippen LogP contribution in [0.2, 0.25) is 5.02 Å². The Labute approximate surface area is 118 Å². The molecule has 4 heteroatoms. The van der Waals surface area contributed by atoms with E-state index in [9.17, 15) is 0 Å². The Bertz CT molecular complexity index is 537. The average molecular weight is 280 g/mol. The van der Waals surface area contributed by atoms with Crippen molar-refractivity contribution in [1.29, 1.82) is 0 Å². The van der Waals surface area contributed by atoms with Gasteiger partial charge >= 0.3 is 0 Å². The van der Waals surface area contributed by atoms with E-state index in [4.69, 9.17) is 20.8 Å². The van der Waals surface area contributed by atoms with E-state index in [1.54, 1.807) is 6.26 Å². The first kappa shape index (κ1) is 14.0. The summed E-state index contributed by atoms with van der Waals surface area (Å²) >= 11 is 6.09. The predicted octanol–water partition coefficient (Wildman–Crippen LogP) is 3.93. The fourth-order valence-electron chi connectivity index (χ4n) is 1.78. The largest absolute Gasteiger partial charge is 0.484 e. The van der Waals surface area contributed by atoms with Gasteiger partial charge in [-0.1, -0.05) is 24.6 Å². The Morgan fingerprint density at radius 2 is 2.16 bits per heavy atom. The smallest absolute Gasteiger partial charge is 0.146 e. The van der Waals surface area contributed by atoms with Crippen LogP contribution in [-0.2, 0) is 13.2 Å². The number of halogens is 1. The van der Waals surface area contributed by atoms with E-state index >= 15 is 0 Å². The van der Waals surface area contributed by atoms with E-state index in [1.807, 2.05) is 31.2 Å². The molecule has 0 spiro atoms. The third kappa shape index (κ3) is 3.75. The molecule has 102 valence electrons. The van der Waals surface area contributed by atoms with Gasteiger partial charge in [-0.2, -0.15) is 0 Å². The summed E-state index contributed by atoms with van der Waals surface area (Å²) < 4.78 is 11.2. The zero-order valence-corrected chi connectivity index (χ0v) is 12.0. The van der Waals surface area contributed by atoms with Gasteiger partial charge in [-0.25, -0.2) is 0 Å². The average Bonchev–Trinajstić information content (AvgIpc) is 2.85. The second-order valence-corrected chi connectivity index (χ2v) is 4.78. The summed E-state index contributed by atoms with van der Waals surface area (Å²) in [4.78, 5) is 0. The number of rotatable bonds is 6. The maximum Gasteiger partial charge on any atom is 0.146 e. The van der Waals surface area contributed by atoms with Crippen LogP contribution in [0.4, 0.5) is 0 Å². The third-order valence-corrected chi connectivity index (χ3v) is 3.16. The Morgan fingerprint density at radius 1 is 1.32 bits per heavy atom. The van der Waals surface area contributed by atoms with E-state index in [0.29, 0.717) is 17.4 Å². The zero-order chi connectivity index (χ0) is 13.7. The number of hydrogen-bond acceptors (Lipinski definition) is 3. The summed E-state index contributed by atoms with van der Waals surface area (Å²) in [6, 6.07) is 7.68. The molecule has 1 heterocycles. The summed E-state index contributed by atoms with van der Waals surface area (Å²) in [6.07, 6.45) is 1.68. The molecule has 0 amide bonds. The van der Waals surface area contributed by atoms with Crippen LogP contribution in [0.15, 0.2) is 34.9 Å². The molecule has 0 unspecified atom stereocenters. The van der Waals surface area contributed by atoms with Crippen LogP contribution >= 0.6 is 11.6 Å². The van der Waals surface area contributed by atoms with Crippen LogP contribution in [0.5, 0.6) is 5.75 Å². The Kier molecular flexibility index (Phi) is 4.88. The van der Waals surface area contributed by atoms with Crippen molar-refractivity contribution in [2.24, 2.45) is 0 Å². The maximum absolute atomic E-state index is 6.09. The fourth-order valence-corrected chi connectivity index (χ4v) is 1.95. The summed E-state index contributed by atoms with van der Waals surface area (Å²) in [5.41, 5.74) is 2.23. The lowest BCUT2D eigenvalue weighted by Crippen LogP contribution is -2.12. The van der Waals surface area contributed by atoms with Crippen LogP contribution in [0.25, 0.3) is 0 Å². The normalized spacial score (nSPS) is 10.7. The molecule has 0 saturated carbocycles. The van der Waals surface area contributed by atoms with Crippen LogP contribution in [-0.4, -0.2) is 6.54 Å². The predicted molar refractivity (Wildman–Crippen MR) is 76.6 cm³/mol. The summed E-state index contributed by atoms with van der Waals surface area (Å²) in [5.74, 6) is 1.52. The van der Waals surface area contributed by atoms with Gasteiger partial charge in [0.25, 0.3) is 0 Å².